The van der Waals surface area contributed by atoms with Crippen molar-refractivity contribution in [2.45, 2.75) is 19.0 Å². The second-order valence-electron chi connectivity index (χ2n) is 5.53. The van der Waals surface area contributed by atoms with Gasteiger partial charge in [0.25, 0.3) is 5.91 Å². The van der Waals surface area contributed by atoms with Gasteiger partial charge in [-0.1, -0.05) is 11.8 Å². The molecule has 144 valence electrons. The number of carbonyl (C=O) groups is 2. The molecule has 0 saturated heterocycles. The van der Waals surface area contributed by atoms with Gasteiger partial charge in [0.2, 0.25) is 0 Å². The summed E-state index contributed by atoms with van der Waals surface area (Å²) in [6.07, 6.45) is 0. The number of hydrogen-bond acceptors (Lipinski definition) is 8. The minimum Gasteiger partial charge on any atom is -0.497 e. The summed E-state index contributed by atoms with van der Waals surface area (Å²) in [7, 11) is 3.03. The van der Waals surface area contributed by atoms with E-state index in [1.165, 1.54) is 14.2 Å². The third-order valence-electron chi connectivity index (χ3n) is 3.28. The number of methoxy groups -OCH3 is 2. The normalized spacial score (nSPS) is 10.2. The monoisotopic (exact) mass is 391 g/mol. The SMILES string of the molecule is COc1cc(NC(=O)COC(=O)CSc2nc(C)cc(C)n2)cc(OC)c1. The van der Waals surface area contributed by atoms with Gasteiger partial charge in [0.05, 0.1) is 20.0 Å². The van der Waals surface area contributed by atoms with Gasteiger partial charge in [0.1, 0.15) is 11.5 Å². The second kappa shape index (κ2) is 9.77. The van der Waals surface area contributed by atoms with E-state index in [1.807, 2.05) is 19.9 Å². The fraction of sp³-hybridized carbons (Fsp3) is 0.333. The van der Waals surface area contributed by atoms with Crippen molar-refractivity contribution < 1.29 is 23.8 Å². The summed E-state index contributed by atoms with van der Waals surface area (Å²) < 4.78 is 15.3. The van der Waals surface area contributed by atoms with E-state index in [4.69, 9.17) is 14.2 Å². The van der Waals surface area contributed by atoms with Gasteiger partial charge < -0.3 is 19.5 Å². The van der Waals surface area contributed by atoms with Crippen LogP contribution in [0.2, 0.25) is 0 Å². The molecule has 0 spiro atoms. The van der Waals surface area contributed by atoms with E-state index < -0.39 is 18.5 Å². The zero-order valence-electron chi connectivity index (χ0n) is 15.6. The zero-order valence-corrected chi connectivity index (χ0v) is 16.4. The number of aromatic nitrogens is 2. The highest BCUT2D eigenvalue weighted by Gasteiger charge is 2.11. The van der Waals surface area contributed by atoms with Crippen molar-refractivity contribution in [3.8, 4) is 11.5 Å². The molecule has 0 unspecified atom stereocenters. The Hall–Kier alpha value is -2.81. The molecule has 27 heavy (non-hydrogen) atoms. The summed E-state index contributed by atoms with van der Waals surface area (Å²) in [5.41, 5.74) is 2.13. The lowest BCUT2D eigenvalue weighted by Crippen LogP contribution is -2.21. The van der Waals surface area contributed by atoms with Crippen LogP contribution >= 0.6 is 11.8 Å². The molecule has 1 heterocycles. The number of hydrogen-bond donors (Lipinski definition) is 1. The van der Waals surface area contributed by atoms with Crippen LogP contribution in [-0.4, -0.2) is 48.4 Å². The van der Waals surface area contributed by atoms with Crippen molar-refractivity contribution in [2.75, 3.05) is 31.9 Å². The maximum absolute atomic E-state index is 12.0. The third kappa shape index (κ3) is 6.78. The van der Waals surface area contributed by atoms with E-state index in [-0.39, 0.29) is 5.75 Å². The summed E-state index contributed by atoms with van der Waals surface area (Å²) in [4.78, 5) is 32.3. The number of benzene rings is 1. The largest absolute Gasteiger partial charge is 0.497 e. The summed E-state index contributed by atoms with van der Waals surface area (Å²) in [5.74, 6) is 0.0915. The highest BCUT2D eigenvalue weighted by molar-refractivity contribution is 7.99. The Morgan fingerprint density at radius 3 is 2.15 bits per heavy atom. The van der Waals surface area contributed by atoms with Crippen LogP contribution in [-0.2, 0) is 14.3 Å². The highest BCUT2D eigenvalue weighted by atomic mass is 32.2. The van der Waals surface area contributed by atoms with Gasteiger partial charge in [-0.15, -0.1) is 0 Å². The number of carbonyl (C=O) groups excluding carboxylic acids is 2. The molecule has 0 aliphatic rings. The van der Waals surface area contributed by atoms with Crippen molar-refractivity contribution in [1.29, 1.82) is 0 Å². The highest BCUT2D eigenvalue weighted by Crippen LogP contribution is 2.25. The van der Waals surface area contributed by atoms with Crippen LogP contribution < -0.4 is 14.8 Å². The molecule has 0 saturated carbocycles. The molecule has 0 fully saturated rings. The van der Waals surface area contributed by atoms with Crippen LogP contribution in [0, 0.1) is 13.8 Å². The van der Waals surface area contributed by atoms with E-state index in [2.05, 4.69) is 15.3 Å². The van der Waals surface area contributed by atoms with Gasteiger partial charge in [0.15, 0.2) is 11.8 Å². The molecule has 9 heteroatoms. The van der Waals surface area contributed by atoms with Crippen molar-refractivity contribution in [1.82, 2.24) is 9.97 Å². The van der Waals surface area contributed by atoms with E-state index in [9.17, 15) is 9.59 Å². The van der Waals surface area contributed by atoms with Gasteiger partial charge in [-0.3, -0.25) is 9.59 Å². The first-order valence-electron chi connectivity index (χ1n) is 8.03. The van der Waals surface area contributed by atoms with Crippen molar-refractivity contribution in [2.24, 2.45) is 0 Å². The average Bonchev–Trinajstić information content (AvgIpc) is 2.63. The second-order valence-corrected chi connectivity index (χ2v) is 6.47. The molecular weight excluding hydrogens is 370 g/mol. The van der Waals surface area contributed by atoms with Crippen LogP contribution in [0.15, 0.2) is 29.4 Å². The van der Waals surface area contributed by atoms with E-state index in [1.54, 1.807) is 18.2 Å². The smallest absolute Gasteiger partial charge is 0.316 e. The first kappa shape index (κ1) is 20.5. The Labute approximate surface area is 161 Å². The maximum atomic E-state index is 12.0. The average molecular weight is 391 g/mol. The summed E-state index contributed by atoms with van der Waals surface area (Å²) in [5, 5.41) is 3.13. The Morgan fingerprint density at radius 1 is 1.00 bits per heavy atom. The summed E-state index contributed by atoms with van der Waals surface area (Å²) in [6.45, 7) is 3.32. The van der Waals surface area contributed by atoms with E-state index in [0.717, 1.165) is 23.1 Å². The van der Waals surface area contributed by atoms with Crippen LogP contribution in [0.1, 0.15) is 11.4 Å². The first-order valence-corrected chi connectivity index (χ1v) is 9.02. The fourth-order valence-electron chi connectivity index (χ4n) is 2.15. The molecule has 2 aromatic rings. The Kier molecular flexibility index (Phi) is 7.42. The van der Waals surface area contributed by atoms with Crippen molar-refractivity contribution in [3.05, 3.63) is 35.7 Å². The Bertz CT molecular complexity index is 786. The number of rotatable bonds is 8. The van der Waals surface area contributed by atoms with E-state index >= 15 is 0 Å². The van der Waals surface area contributed by atoms with Gasteiger partial charge in [-0.05, 0) is 19.9 Å². The lowest BCUT2D eigenvalue weighted by atomic mass is 10.2. The Morgan fingerprint density at radius 2 is 1.59 bits per heavy atom. The summed E-state index contributed by atoms with van der Waals surface area (Å²) >= 11 is 1.16. The molecule has 0 aliphatic carbocycles. The quantitative estimate of drug-likeness (QED) is 0.416. The lowest BCUT2D eigenvalue weighted by molar-refractivity contribution is -0.144. The van der Waals surface area contributed by atoms with Crippen molar-refractivity contribution in [3.63, 3.8) is 0 Å². The van der Waals surface area contributed by atoms with E-state index in [0.29, 0.717) is 22.3 Å². The standard InChI is InChI=1S/C18H21N3O5S/c1-11-5-12(2)20-18(19-11)27-10-17(23)26-9-16(22)21-13-6-14(24-3)8-15(7-13)25-4/h5-8H,9-10H2,1-4H3,(H,21,22). The topological polar surface area (TPSA) is 99.6 Å². The van der Waals surface area contributed by atoms with Gasteiger partial charge >= 0.3 is 5.97 Å². The molecule has 2 rings (SSSR count). The molecule has 1 aromatic heterocycles. The summed E-state index contributed by atoms with van der Waals surface area (Å²) in [6, 6.07) is 6.80. The number of ether oxygens (including phenoxy) is 3. The molecule has 0 atom stereocenters. The molecule has 0 bridgehead atoms. The minimum atomic E-state index is -0.527. The molecule has 1 N–H and O–H groups in total. The number of esters is 1. The van der Waals surface area contributed by atoms with Crippen LogP contribution in [0.4, 0.5) is 5.69 Å². The molecular formula is C18H21N3O5S. The van der Waals surface area contributed by atoms with Crippen molar-refractivity contribution >= 4 is 29.3 Å². The van der Waals surface area contributed by atoms with Gasteiger partial charge in [0, 0.05) is 35.3 Å². The molecule has 0 aliphatic heterocycles. The predicted octanol–water partition coefficient (Wildman–Crippen LogP) is 2.38. The third-order valence-corrected chi connectivity index (χ3v) is 4.10. The number of amides is 1. The van der Waals surface area contributed by atoms with Crippen LogP contribution in [0.5, 0.6) is 11.5 Å². The molecule has 0 radical (unpaired) electrons. The molecule has 8 nitrogen and oxygen atoms in total. The Balaban J connectivity index is 1.82. The first-order chi connectivity index (χ1) is 12.9. The van der Waals surface area contributed by atoms with Gasteiger partial charge in [-0.25, -0.2) is 9.97 Å². The zero-order chi connectivity index (χ0) is 19.8. The number of aryl methyl sites for hydroxylation is 2. The maximum Gasteiger partial charge on any atom is 0.316 e. The molecule has 1 amide bonds. The molecule has 1 aromatic carbocycles. The number of thioether (sulfide) groups is 1. The predicted molar refractivity (Wildman–Crippen MR) is 101 cm³/mol. The number of nitrogens with one attached hydrogen (secondary N) is 1. The fourth-order valence-corrected chi connectivity index (χ4v) is 2.89. The van der Waals surface area contributed by atoms with Gasteiger partial charge in [-0.2, -0.15) is 0 Å². The van der Waals surface area contributed by atoms with Crippen LogP contribution in [0.3, 0.4) is 0 Å². The lowest BCUT2D eigenvalue weighted by Gasteiger charge is -2.10. The number of anilines is 1. The number of nitrogens with zero attached hydrogens (tertiary/aromatic N) is 2. The minimum absolute atomic E-state index is 0.0170. The van der Waals surface area contributed by atoms with Crippen LogP contribution in [0.25, 0.3) is 0 Å².